The fraction of sp³-hybridized carbons (Fsp3) is 0.0323. The molecule has 328 valence electrons. The van der Waals surface area contributed by atoms with Gasteiger partial charge >= 0.3 is 0 Å². The van der Waals surface area contributed by atoms with Crippen molar-refractivity contribution in [3.8, 4) is 114 Å². The minimum Gasteiger partial charge on any atom is -0.208 e. The summed E-state index contributed by atoms with van der Waals surface area (Å²) in [7, 11) is 0. The number of nitrogens with zero attached hydrogens (tertiary/aromatic N) is 8. The molecular weight excluding hydrogens is 857 g/mol. The molecule has 0 saturated carbocycles. The maximum atomic E-state index is 10.9. The van der Waals surface area contributed by atoms with Gasteiger partial charge in [-0.1, -0.05) is 206 Å². The summed E-state index contributed by atoms with van der Waals surface area (Å²) >= 11 is 0. The molecule has 0 fully saturated rings. The van der Waals surface area contributed by atoms with Gasteiger partial charge in [0.25, 0.3) is 0 Å². The van der Waals surface area contributed by atoms with Crippen molar-refractivity contribution >= 4 is 5.57 Å². The van der Waals surface area contributed by atoms with E-state index in [-0.39, 0.29) is 0 Å². The van der Waals surface area contributed by atoms with E-state index in [1.807, 2.05) is 182 Å². The van der Waals surface area contributed by atoms with Crippen molar-refractivity contribution in [2.75, 3.05) is 0 Å². The zero-order chi connectivity index (χ0) is 47.2. The van der Waals surface area contributed by atoms with Gasteiger partial charge in [-0.25, -0.2) is 29.9 Å². The molecule has 11 rings (SSSR count). The van der Waals surface area contributed by atoms with E-state index in [4.69, 9.17) is 29.9 Å². The number of hydrogen-bond donors (Lipinski definition) is 0. The molecule has 8 aromatic carbocycles. The Hall–Kier alpha value is -9.76. The van der Waals surface area contributed by atoms with Gasteiger partial charge < -0.3 is 0 Å². The van der Waals surface area contributed by atoms with Crippen LogP contribution in [0.1, 0.15) is 24.0 Å². The highest BCUT2D eigenvalue weighted by Gasteiger charge is 2.27. The fourth-order valence-corrected chi connectivity index (χ4v) is 9.04. The highest BCUT2D eigenvalue weighted by molar-refractivity contribution is 6.05. The molecule has 0 bridgehead atoms. The quantitative estimate of drug-likeness (QED) is 0.133. The number of rotatable bonds is 10. The third-order valence-electron chi connectivity index (χ3n) is 12.4. The van der Waals surface area contributed by atoms with Crippen molar-refractivity contribution in [1.29, 1.82) is 10.5 Å². The first-order valence-corrected chi connectivity index (χ1v) is 23.1. The SMILES string of the molecule is N#CC1=CCCC=C1c1c(-c2ccccc2-c2nc(-c3ccccc3)nc(-c3ccccc3)n2)ccc(-c2ccccc2-c2nc(-c3ccccc3)nc(-c3ccccc3)n2)c1-c1ccc(C#N)cc1. The van der Waals surface area contributed by atoms with Gasteiger partial charge in [0.05, 0.1) is 23.3 Å². The van der Waals surface area contributed by atoms with Gasteiger partial charge in [0, 0.05) is 33.4 Å². The van der Waals surface area contributed by atoms with E-state index in [9.17, 15) is 10.5 Å². The molecule has 0 amide bonds. The predicted molar refractivity (Wildman–Crippen MR) is 278 cm³/mol. The molecule has 2 heterocycles. The Balaban J connectivity index is 1.20. The Kier molecular flexibility index (Phi) is 11.8. The summed E-state index contributed by atoms with van der Waals surface area (Å²) in [5.41, 5.74) is 13.1. The molecule has 2 aromatic heterocycles. The normalized spacial score (nSPS) is 12.0. The average molecular weight is 897 g/mol. The smallest absolute Gasteiger partial charge is 0.164 e. The zero-order valence-electron chi connectivity index (χ0n) is 37.8. The van der Waals surface area contributed by atoms with Crippen LogP contribution in [0.2, 0.25) is 0 Å². The highest BCUT2D eigenvalue weighted by Crippen LogP contribution is 2.49. The second-order valence-electron chi connectivity index (χ2n) is 16.7. The van der Waals surface area contributed by atoms with E-state index in [2.05, 4.69) is 48.5 Å². The van der Waals surface area contributed by atoms with Gasteiger partial charge in [-0.05, 0) is 69.5 Å². The van der Waals surface area contributed by atoms with Crippen molar-refractivity contribution in [3.05, 3.63) is 235 Å². The van der Waals surface area contributed by atoms with Crippen molar-refractivity contribution < 1.29 is 0 Å². The first-order valence-electron chi connectivity index (χ1n) is 23.1. The Labute approximate surface area is 406 Å². The molecule has 8 nitrogen and oxygen atoms in total. The minimum absolute atomic E-state index is 0.510. The first kappa shape index (κ1) is 42.8. The topological polar surface area (TPSA) is 125 Å². The lowest BCUT2D eigenvalue weighted by molar-refractivity contribution is 1.03. The largest absolute Gasteiger partial charge is 0.208 e. The summed E-state index contributed by atoms with van der Waals surface area (Å²) < 4.78 is 0. The van der Waals surface area contributed by atoms with Gasteiger partial charge in [0.2, 0.25) is 0 Å². The number of hydrogen-bond acceptors (Lipinski definition) is 8. The molecule has 0 spiro atoms. The van der Waals surface area contributed by atoms with E-state index in [0.717, 1.165) is 90.7 Å². The standard InChI is InChI=1S/C62H40N8/c63-39-41-33-35-42(36-34-41)55-51(49-29-15-17-31-53(49)61-67-57(43-19-5-1-6-20-43)65-58(68-61)44-21-7-2-8-22-44)37-38-52(56(55)48-28-14-13-27-47(48)40-64)50-30-16-18-32-54(50)62-69-59(45-23-9-3-10-24-45)66-60(70-62)46-25-11-4-12-26-46/h1-12,15-38H,13-14H2. The van der Waals surface area contributed by atoms with Crippen molar-refractivity contribution in [2.24, 2.45) is 0 Å². The molecule has 0 aliphatic heterocycles. The van der Waals surface area contributed by atoms with Crippen molar-refractivity contribution in [1.82, 2.24) is 29.9 Å². The van der Waals surface area contributed by atoms with Crippen molar-refractivity contribution in [2.45, 2.75) is 12.8 Å². The molecule has 0 unspecified atom stereocenters. The lowest BCUT2D eigenvalue weighted by Gasteiger charge is -2.25. The van der Waals surface area contributed by atoms with Crippen LogP contribution in [-0.2, 0) is 0 Å². The Morgan fingerprint density at radius 3 is 1.04 bits per heavy atom. The summed E-state index contributed by atoms with van der Waals surface area (Å²) in [6.45, 7) is 0. The van der Waals surface area contributed by atoms with Crippen LogP contribution in [0.15, 0.2) is 224 Å². The maximum Gasteiger partial charge on any atom is 0.164 e. The van der Waals surface area contributed by atoms with Gasteiger partial charge in [0.1, 0.15) is 0 Å². The molecule has 1 aliphatic carbocycles. The van der Waals surface area contributed by atoms with Crippen molar-refractivity contribution in [3.63, 3.8) is 0 Å². The summed E-state index contributed by atoms with van der Waals surface area (Å²) in [5, 5.41) is 20.9. The third kappa shape index (κ3) is 8.45. The minimum atomic E-state index is 0.510. The van der Waals surface area contributed by atoms with Crippen LogP contribution >= 0.6 is 0 Å². The van der Waals surface area contributed by atoms with Gasteiger partial charge in [0.15, 0.2) is 34.9 Å². The summed E-state index contributed by atoms with van der Waals surface area (Å²) in [6, 6.07) is 73.0. The van der Waals surface area contributed by atoms with Crippen LogP contribution in [0, 0.1) is 22.7 Å². The fourth-order valence-electron chi connectivity index (χ4n) is 9.04. The average Bonchev–Trinajstić information content (AvgIpc) is 3.45. The lowest BCUT2D eigenvalue weighted by Crippen LogP contribution is -2.04. The Bertz CT molecular complexity index is 3590. The monoisotopic (exact) mass is 896 g/mol. The van der Waals surface area contributed by atoms with E-state index in [1.54, 1.807) is 0 Å². The van der Waals surface area contributed by atoms with Gasteiger partial charge in [-0.2, -0.15) is 10.5 Å². The van der Waals surface area contributed by atoms with Gasteiger partial charge in [-0.15, -0.1) is 0 Å². The van der Waals surface area contributed by atoms with E-state index in [1.165, 1.54) is 0 Å². The molecular formula is C62H40N8. The number of aromatic nitrogens is 6. The molecule has 0 saturated heterocycles. The molecule has 0 atom stereocenters. The van der Waals surface area contributed by atoms with E-state index < -0.39 is 0 Å². The summed E-state index contributed by atoms with van der Waals surface area (Å²) in [4.78, 5) is 30.7. The zero-order valence-corrected chi connectivity index (χ0v) is 37.8. The first-order chi connectivity index (χ1) is 34.6. The second kappa shape index (κ2) is 19.2. The third-order valence-corrected chi connectivity index (χ3v) is 12.4. The van der Waals surface area contributed by atoms with Crippen LogP contribution in [0.3, 0.4) is 0 Å². The molecule has 10 aromatic rings. The van der Waals surface area contributed by atoms with Crippen LogP contribution < -0.4 is 0 Å². The number of benzene rings is 8. The Morgan fingerprint density at radius 1 is 0.286 bits per heavy atom. The molecule has 0 N–H and O–H groups in total. The van der Waals surface area contributed by atoms with Crippen LogP contribution in [0.4, 0.5) is 0 Å². The van der Waals surface area contributed by atoms with Crippen LogP contribution in [0.25, 0.3) is 107 Å². The summed E-state index contributed by atoms with van der Waals surface area (Å²) in [5.74, 6) is 3.24. The second-order valence-corrected chi connectivity index (χ2v) is 16.7. The van der Waals surface area contributed by atoms with E-state index in [0.29, 0.717) is 46.1 Å². The van der Waals surface area contributed by atoms with Crippen LogP contribution in [-0.4, -0.2) is 29.9 Å². The summed E-state index contributed by atoms with van der Waals surface area (Å²) in [6.07, 6.45) is 5.70. The Morgan fingerprint density at radius 2 is 0.643 bits per heavy atom. The highest BCUT2D eigenvalue weighted by atomic mass is 15.0. The van der Waals surface area contributed by atoms with Crippen LogP contribution in [0.5, 0.6) is 0 Å². The molecule has 70 heavy (non-hydrogen) atoms. The molecule has 8 heteroatoms. The predicted octanol–water partition coefficient (Wildman–Crippen LogP) is 14.6. The lowest BCUT2D eigenvalue weighted by atomic mass is 9.78. The maximum absolute atomic E-state index is 10.9. The molecule has 1 aliphatic rings. The number of nitriles is 2. The van der Waals surface area contributed by atoms with E-state index >= 15 is 0 Å². The van der Waals surface area contributed by atoms with Gasteiger partial charge in [-0.3, -0.25) is 0 Å². The number of allylic oxidation sites excluding steroid dienone is 4. The molecule has 0 radical (unpaired) electrons.